The van der Waals surface area contributed by atoms with Crippen molar-refractivity contribution in [2.24, 2.45) is 0 Å². The van der Waals surface area contributed by atoms with Gasteiger partial charge < -0.3 is 9.84 Å². The number of hydrogen-bond donors (Lipinski definition) is 1. The normalized spacial score (nSPS) is 34.8. The molecule has 1 saturated heterocycles. The number of benzene rings is 1. The van der Waals surface area contributed by atoms with Gasteiger partial charge in [0.25, 0.3) is 0 Å². The lowest BCUT2D eigenvalue weighted by atomic mass is 9.74. The van der Waals surface area contributed by atoms with Crippen molar-refractivity contribution in [1.82, 2.24) is 0 Å². The molecule has 3 unspecified atom stereocenters. The highest BCUT2D eigenvalue weighted by molar-refractivity contribution is 5.32. The van der Waals surface area contributed by atoms with Gasteiger partial charge in [-0.05, 0) is 56.1 Å². The first kappa shape index (κ1) is 13.1. The van der Waals surface area contributed by atoms with Gasteiger partial charge in [0.05, 0.1) is 11.7 Å². The van der Waals surface area contributed by atoms with Gasteiger partial charge in [-0.3, -0.25) is 0 Å². The predicted octanol–water partition coefficient (Wildman–Crippen LogP) is 3.43. The summed E-state index contributed by atoms with van der Waals surface area (Å²) in [6.07, 6.45) is 6.33. The third kappa shape index (κ3) is 2.85. The van der Waals surface area contributed by atoms with E-state index >= 15 is 0 Å². The molecule has 0 radical (unpaired) electrons. The van der Waals surface area contributed by atoms with E-state index in [0.29, 0.717) is 12.5 Å². The minimum atomic E-state index is -0.521. The molecule has 0 spiro atoms. The van der Waals surface area contributed by atoms with E-state index in [1.165, 1.54) is 30.4 Å². The van der Waals surface area contributed by atoms with E-state index < -0.39 is 5.60 Å². The van der Waals surface area contributed by atoms with E-state index in [9.17, 15) is 5.11 Å². The Morgan fingerprint density at radius 2 is 2.21 bits per heavy atom. The lowest BCUT2D eigenvalue weighted by Crippen LogP contribution is -2.41. The molecule has 1 aliphatic heterocycles. The second-order valence-corrected chi connectivity index (χ2v) is 6.35. The molecule has 1 aliphatic carbocycles. The van der Waals surface area contributed by atoms with Crippen molar-refractivity contribution in [3.63, 3.8) is 0 Å². The maximum absolute atomic E-state index is 10.8. The van der Waals surface area contributed by atoms with Crippen LogP contribution in [-0.4, -0.2) is 23.4 Å². The molecule has 0 aromatic heterocycles. The fourth-order valence-electron chi connectivity index (χ4n) is 3.86. The highest BCUT2D eigenvalue weighted by Crippen LogP contribution is 2.40. The first-order chi connectivity index (χ1) is 9.16. The summed E-state index contributed by atoms with van der Waals surface area (Å²) in [5, 5.41) is 10.8. The average molecular weight is 260 g/mol. The summed E-state index contributed by atoms with van der Waals surface area (Å²) in [7, 11) is 0. The van der Waals surface area contributed by atoms with Gasteiger partial charge in [-0.25, -0.2) is 0 Å². The number of aliphatic hydroxyl groups is 1. The first-order valence-electron chi connectivity index (χ1n) is 7.58. The lowest BCUT2D eigenvalue weighted by molar-refractivity contribution is -0.104. The van der Waals surface area contributed by atoms with Crippen LogP contribution in [-0.2, 0) is 11.2 Å². The van der Waals surface area contributed by atoms with E-state index in [-0.39, 0.29) is 6.10 Å². The fourth-order valence-corrected chi connectivity index (χ4v) is 3.86. The Kier molecular flexibility index (Phi) is 3.64. The molecule has 1 aromatic rings. The number of rotatable bonds is 2. The summed E-state index contributed by atoms with van der Waals surface area (Å²) in [4.78, 5) is 0. The van der Waals surface area contributed by atoms with Crippen molar-refractivity contribution in [1.29, 1.82) is 0 Å². The maximum atomic E-state index is 10.8. The molecule has 0 saturated carbocycles. The van der Waals surface area contributed by atoms with Gasteiger partial charge >= 0.3 is 0 Å². The highest BCUT2D eigenvalue weighted by atomic mass is 16.5. The Morgan fingerprint density at radius 3 is 3.05 bits per heavy atom. The zero-order valence-electron chi connectivity index (χ0n) is 11.8. The van der Waals surface area contributed by atoms with E-state index in [0.717, 1.165) is 19.3 Å². The van der Waals surface area contributed by atoms with Crippen molar-refractivity contribution in [2.75, 3.05) is 6.61 Å². The Labute approximate surface area is 115 Å². The van der Waals surface area contributed by atoms with Gasteiger partial charge in [-0.15, -0.1) is 0 Å². The van der Waals surface area contributed by atoms with Gasteiger partial charge in [0, 0.05) is 13.0 Å². The molecule has 3 atom stereocenters. The molecular weight excluding hydrogens is 236 g/mol. The van der Waals surface area contributed by atoms with E-state index in [2.05, 4.69) is 31.2 Å². The zero-order chi connectivity index (χ0) is 13.3. The molecule has 3 rings (SSSR count). The predicted molar refractivity (Wildman–Crippen MR) is 76.3 cm³/mol. The molecule has 0 bridgehead atoms. The van der Waals surface area contributed by atoms with Crippen molar-refractivity contribution in [3.8, 4) is 0 Å². The number of aryl methyl sites for hydroxylation is 1. The molecule has 19 heavy (non-hydrogen) atoms. The van der Waals surface area contributed by atoms with Crippen LogP contribution in [0.4, 0.5) is 0 Å². The largest absolute Gasteiger partial charge is 0.390 e. The summed E-state index contributed by atoms with van der Waals surface area (Å²) in [6.45, 7) is 2.77. The van der Waals surface area contributed by atoms with Crippen LogP contribution in [0.2, 0.25) is 0 Å². The summed E-state index contributed by atoms with van der Waals surface area (Å²) in [5.74, 6) is 0.528. The molecule has 1 N–H and O–H groups in total. The van der Waals surface area contributed by atoms with Crippen LogP contribution < -0.4 is 0 Å². The third-order valence-electron chi connectivity index (χ3n) is 4.76. The molecule has 1 aromatic carbocycles. The van der Waals surface area contributed by atoms with Crippen LogP contribution in [0.15, 0.2) is 24.3 Å². The summed E-state index contributed by atoms with van der Waals surface area (Å²) < 4.78 is 5.57. The average Bonchev–Trinajstić information content (AvgIpc) is 2.38. The molecule has 1 fully saturated rings. The van der Waals surface area contributed by atoms with Crippen LogP contribution in [0.5, 0.6) is 0 Å². The van der Waals surface area contributed by atoms with E-state index in [1.807, 2.05) is 0 Å². The van der Waals surface area contributed by atoms with E-state index in [4.69, 9.17) is 4.74 Å². The summed E-state index contributed by atoms with van der Waals surface area (Å²) in [6, 6.07) is 8.77. The monoisotopic (exact) mass is 260 g/mol. The zero-order valence-corrected chi connectivity index (χ0v) is 11.8. The molecule has 0 amide bonds. The quantitative estimate of drug-likeness (QED) is 0.883. The maximum Gasteiger partial charge on any atom is 0.0700 e. The smallest absolute Gasteiger partial charge is 0.0700 e. The lowest BCUT2D eigenvalue weighted by Gasteiger charge is -2.39. The molecule has 2 nitrogen and oxygen atoms in total. The van der Waals surface area contributed by atoms with Gasteiger partial charge in [0.15, 0.2) is 0 Å². The van der Waals surface area contributed by atoms with Gasteiger partial charge in [0.2, 0.25) is 0 Å². The minimum Gasteiger partial charge on any atom is -0.390 e. The van der Waals surface area contributed by atoms with Crippen molar-refractivity contribution in [2.45, 2.75) is 63.1 Å². The van der Waals surface area contributed by atoms with Crippen LogP contribution in [0.25, 0.3) is 0 Å². The molecule has 2 heteroatoms. The Morgan fingerprint density at radius 1 is 1.37 bits per heavy atom. The summed E-state index contributed by atoms with van der Waals surface area (Å²) >= 11 is 0. The van der Waals surface area contributed by atoms with Crippen LogP contribution in [0.1, 0.15) is 56.1 Å². The standard InChI is InChI=1S/C17H24O2/c1-13-11-17(18,9-10-19-13)12-15-7-4-6-14-5-2-3-8-16(14)15/h2-3,5,8,13,15,18H,4,6-7,9-12H2,1H3. The third-order valence-corrected chi connectivity index (χ3v) is 4.76. The number of ether oxygens (including phenoxy) is 1. The van der Waals surface area contributed by atoms with E-state index in [1.54, 1.807) is 0 Å². The van der Waals surface area contributed by atoms with Gasteiger partial charge in [0.1, 0.15) is 0 Å². The second kappa shape index (κ2) is 5.26. The first-order valence-corrected chi connectivity index (χ1v) is 7.58. The number of hydrogen-bond acceptors (Lipinski definition) is 2. The second-order valence-electron chi connectivity index (χ2n) is 6.35. The Bertz CT molecular complexity index is 443. The van der Waals surface area contributed by atoms with Crippen molar-refractivity contribution >= 4 is 0 Å². The molecule has 2 aliphatic rings. The molecule has 1 heterocycles. The fraction of sp³-hybridized carbons (Fsp3) is 0.647. The summed E-state index contributed by atoms with van der Waals surface area (Å²) in [5.41, 5.74) is 2.44. The Balaban J connectivity index is 1.77. The molecular formula is C17H24O2. The highest BCUT2D eigenvalue weighted by Gasteiger charge is 2.36. The molecule has 104 valence electrons. The topological polar surface area (TPSA) is 29.5 Å². The van der Waals surface area contributed by atoms with Crippen LogP contribution in [0, 0.1) is 0 Å². The number of fused-ring (bicyclic) bond motifs is 1. The van der Waals surface area contributed by atoms with Crippen molar-refractivity contribution < 1.29 is 9.84 Å². The van der Waals surface area contributed by atoms with Gasteiger partial charge in [-0.2, -0.15) is 0 Å². The van der Waals surface area contributed by atoms with Crippen molar-refractivity contribution in [3.05, 3.63) is 35.4 Å². The van der Waals surface area contributed by atoms with Crippen LogP contribution >= 0.6 is 0 Å². The Hall–Kier alpha value is -0.860. The minimum absolute atomic E-state index is 0.192. The van der Waals surface area contributed by atoms with Gasteiger partial charge in [-0.1, -0.05) is 24.3 Å². The van der Waals surface area contributed by atoms with Crippen LogP contribution in [0.3, 0.4) is 0 Å². The SMILES string of the molecule is CC1CC(O)(CC2CCCc3ccccc32)CCO1.